The van der Waals surface area contributed by atoms with Gasteiger partial charge in [0.15, 0.2) is 5.82 Å². The summed E-state index contributed by atoms with van der Waals surface area (Å²) in [5.74, 6) is 1.99. The van der Waals surface area contributed by atoms with E-state index in [1.54, 1.807) is 0 Å². The smallest absolute Gasteiger partial charge is 0.413 e. The molecule has 1 saturated heterocycles. The summed E-state index contributed by atoms with van der Waals surface area (Å²) in [6.45, 7) is 9.53. The molecule has 164 valence electrons. The van der Waals surface area contributed by atoms with E-state index < -0.39 is 6.09 Å². The number of aryl methyl sites for hydroxylation is 1. The summed E-state index contributed by atoms with van der Waals surface area (Å²) in [5, 5.41) is 18.3. The SMILES string of the molecule is Cc1cc(N(CC2CCNCC2)C(=O)O)nn1Cc1cc(Cl)ccc1OCC(C)C. The molecule has 0 radical (unpaired) electrons. The fourth-order valence-electron chi connectivity index (χ4n) is 3.61. The summed E-state index contributed by atoms with van der Waals surface area (Å²) in [5.41, 5.74) is 1.80. The Bertz CT molecular complexity index is 862. The van der Waals surface area contributed by atoms with Gasteiger partial charge in [-0.2, -0.15) is 5.10 Å². The molecule has 7 nitrogen and oxygen atoms in total. The Balaban J connectivity index is 1.80. The normalized spacial score (nSPS) is 14.8. The molecule has 1 aliphatic heterocycles. The summed E-state index contributed by atoms with van der Waals surface area (Å²) in [4.78, 5) is 13.3. The molecule has 1 aromatic heterocycles. The predicted molar refractivity (Wildman–Crippen MR) is 119 cm³/mol. The number of nitrogens with one attached hydrogen (secondary N) is 1. The number of hydrogen-bond acceptors (Lipinski definition) is 4. The molecule has 2 N–H and O–H groups in total. The van der Waals surface area contributed by atoms with Crippen molar-refractivity contribution in [2.75, 3.05) is 31.1 Å². The van der Waals surface area contributed by atoms with Gasteiger partial charge in [-0.1, -0.05) is 25.4 Å². The standard InChI is InChI=1S/C22H31ClN4O3/c1-15(2)14-30-20-5-4-19(23)11-18(20)13-27-16(3)10-21(25-27)26(22(28)29)12-17-6-8-24-9-7-17/h4-5,10-11,15,17,24H,6-9,12-14H2,1-3H3,(H,28,29). The maximum absolute atomic E-state index is 11.9. The number of rotatable bonds is 8. The molecule has 1 aromatic carbocycles. The number of benzene rings is 1. The van der Waals surface area contributed by atoms with Crippen LogP contribution in [0, 0.1) is 18.8 Å². The second-order valence-electron chi connectivity index (χ2n) is 8.35. The van der Waals surface area contributed by atoms with E-state index in [4.69, 9.17) is 16.3 Å². The van der Waals surface area contributed by atoms with Crippen LogP contribution in [0.4, 0.5) is 10.6 Å². The Morgan fingerprint density at radius 2 is 2.10 bits per heavy atom. The molecule has 0 unspecified atom stereocenters. The third-order valence-electron chi connectivity index (χ3n) is 5.29. The van der Waals surface area contributed by atoms with Gasteiger partial charge in [-0.15, -0.1) is 0 Å². The van der Waals surface area contributed by atoms with Crippen LogP contribution >= 0.6 is 11.6 Å². The molecule has 30 heavy (non-hydrogen) atoms. The summed E-state index contributed by atoms with van der Waals surface area (Å²) >= 11 is 6.21. The molecule has 2 heterocycles. The Hall–Kier alpha value is -2.25. The number of carboxylic acid groups (broad SMARTS) is 1. The van der Waals surface area contributed by atoms with Crippen LogP contribution in [0.5, 0.6) is 5.75 Å². The van der Waals surface area contributed by atoms with Gasteiger partial charge in [-0.25, -0.2) is 4.79 Å². The predicted octanol–water partition coefficient (Wildman–Crippen LogP) is 4.41. The van der Waals surface area contributed by atoms with Crippen molar-refractivity contribution < 1.29 is 14.6 Å². The van der Waals surface area contributed by atoms with Crippen LogP contribution in [0.2, 0.25) is 5.02 Å². The number of halogens is 1. The van der Waals surface area contributed by atoms with Crippen molar-refractivity contribution >= 4 is 23.5 Å². The number of amides is 1. The molecule has 0 spiro atoms. The van der Waals surface area contributed by atoms with Crippen molar-refractivity contribution in [3.05, 3.63) is 40.5 Å². The second kappa shape index (κ2) is 10.2. The molecule has 0 aliphatic carbocycles. The van der Waals surface area contributed by atoms with Crippen molar-refractivity contribution in [2.24, 2.45) is 11.8 Å². The number of carbonyl (C=O) groups is 1. The van der Waals surface area contributed by atoms with Gasteiger partial charge in [-0.3, -0.25) is 9.58 Å². The second-order valence-corrected chi connectivity index (χ2v) is 8.78. The molecule has 2 aromatic rings. The Labute approximate surface area is 183 Å². The Kier molecular flexibility index (Phi) is 7.61. The molecule has 3 rings (SSSR count). The van der Waals surface area contributed by atoms with Crippen molar-refractivity contribution in [2.45, 2.75) is 40.2 Å². The summed E-state index contributed by atoms with van der Waals surface area (Å²) in [6, 6.07) is 7.39. The molecule has 0 bridgehead atoms. The van der Waals surface area contributed by atoms with E-state index in [0.717, 1.165) is 42.9 Å². The van der Waals surface area contributed by atoms with Gasteiger partial charge in [0.05, 0.1) is 13.2 Å². The molecular weight excluding hydrogens is 404 g/mol. The van der Waals surface area contributed by atoms with Crippen molar-refractivity contribution in [3.63, 3.8) is 0 Å². The topological polar surface area (TPSA) is 79.6 Å². The summed E-state index contributed by atoms with van der Waals surface area (Å²) in [6.07, 6.45) is 0.979. The van der Waals surface area contributed by atoms with Gasteiger partial charge in [0, 0.05) is 28.9 Å². The minimum absolute atomic E-state index is 0.344. The van der Waals surface area contributed by atoms with Gasteiger partial charge in [0.1, 0.15) is 5.75 Å². The third kappa shape index (κ3) is 5.89. The lowest BCUT2D eigenvalue weighted by molar-refractivity contribution is 0.199. The molecule has 1 aliphatic rings. The lowest BCUT2D eigenvalue weighted by Gasteiger charge is -2.27. The van der Waals surface area contributed by atoms with E-state index >= 15 is 0 Å². The van der Waals surface area contributed by atoms with E-state index in [2.05, 4.69) is 24.3 Å². The first-order chi connectivity index (χ1) is 14.3. The Morgan fingerprint density at radius 3 is 2.77 bits per heavy atom. The number of nitrogens with zero attached hydrogens (tertiary/aromatic N) is 3. The Morgan fingerprint density at radius 1 is 1.37 bits per heavy atom. The zero-order valence-electron chi connectivity index (χ0n) is 17.9. The van der Waals surface area contributed by atoms with Gasteiger partial charge in [0.25, 0.3) is 0 Å². The quantitative estimate of drug-likeness (QED) is 0.643. The lowest BCUT2D eigenvalue weighted by Crippen LogP contribution is -2.39. The number of ether oxygens (including phenoxy) is 1. The molecular formula is C22H31ClN4O3. The zero-order chi connectivity index (χ0) is 21.7. The van der Waals surface area contributed by atoms with Crippen LogP contribution in [0.25, 0.3) is 0 Å². The van der Waals surface area contributed by atoms with Crippen LogP contribution in [0.3, 0.4) is 0 Å². The molecule has 0 saturated carbocycles. The van der Waals surface area contributed by atoms with Crippen LogP contribution in [-0.4, -0.2) is 47.2 Å². The number of piperidine rings is 1. The monoisotopic (exact) mass is 434 g/mol. The van der Waals surface area contributed by atoms with Gasteiger partial charge < -0.3 is 15.2 Å². The minimum atomic E-state index is -0.970. The van der Waals surface area contributed by atoms with Gasteiger partial charge in [0.2, 0.25) is 0 Å². The van der Waals surface area contributed by atoms with Crippen molar-refractivity contribution in [1.29, 1.82) is 0 Å². The largest absolute Gasteiger partial charge is 0.493 e. The maximum atomic E-state index is 11.9. The highest BCUT2D eigenvalue weighted by Gasteiger charge is 2.24. The zero-order valence-corrected chi connectivity index (χ0v) is 18.7. The average Bonchev–Trinajstić information content (AvgIpc) is 3.06. The highest BCUT2D eigenvalue weighted by Crippen LogP contribution is 2.26. The highest BCUT2D eigenvalue weighted by molar-refractivity contribution is 6.30. The molecule has 1 fully saturated rings. The van der Waals surface area contributed by atoms with E-state index in [-0.39, 0.29) is 0 Å². The van der Waals surface area contributed by atoms with E-state index in [1.165, 1.54) is 4.90 Å². The first-order valence-corrected chi connectivity index (χ1v) is 10.9. The fourth-order valence-corrected chi connectivity index (χ4v) is 3.80. The van der Waals surface area contributed by atoms with Gasteiger partial charge in [-0.05, 0) is 62.9 Å². The van der Waals surface area contributed by atoms with Gasteiger partial charge >= 0.3 is 6.09 Å². The first-order valence-electron chi connectivity index (χ1n) is 10.5. The van der Waals surface area contributed by atoms with E-state index in [9.17, 15) is 9.90 Å². The minimum Gasteiger partial charge on any atom is -0.493 e. The highest BCUT2D eigenvalue weighted by atomic mass is 35.5. The number of hydrogen-bond donors (Lipinski definition) is 2. The summed E-state index contributed by atoms with van der Waals surface area (Å²) in [7, 11) is 0. The van der Waals surface area contributed by atoms with E-state index in [1.807, 2.05) is 35.9 Å². The lowest BCUT2D eigenvalue weighted by atomic mass is 9.98. The first kappa shape index (κ1) is 22.4. The third-order valence-corrected chi connectivity index (χ3v) is 5.53. The van der Waals surface area contributed by atoms with Crippen LogP contribution in [0.1, 0.15) is 37.9 Å². The number of anilines is 1. The fraction of sp³-hybridized carbons (Fsp3) is 0.545. The molecule has 1 amide bonds. The van der Waals surface area contributed by atoms with Crippen LogP contribution < -0.4 is 15.0 Å². The maximum Gasteiger partial charge on any atom is 0.413 e. The molecule has 0 atom stereocenters. The average molecular weight is 435 g/mol. The number of aromatic nitrogens is 2. The van der Waals surface area contributed by atoms with Crippen molar-refractivity contribution in [1.82, 2.24) is 15.1 Å². The van der Waals surface area contributed by atoms with Crippen LogP contribution in [0.15, 0.2) is 24.3 Å². The summed E-state index contributed by atoms with van der Waals surface area (Å²) < 4.78 is 7.76. The molecule has 8 heteroatoms. The van der Waals surface area contributed by atoms with Crippen LogP contribution in [-0.2, 0) is 6.54 Å². The van der Waals surface area contributed by atoms with E-state index in [0.29, 0.717) is 42.4 Å². The van der Waals surface area contributed by atoms with Crippen molar-refractivity contribution in [3.8, 4) is 5.75 Å².